The van der Waals surface area contributed by atoms with Crippen LogP contribution >= 0.6 is 0 Å². The third-order valence-corrected chi connectivity index (χ3v) is 4.72. The molecular weight excluding hydrogens is 296 g/mol. The highest BCUT2D eigenvalue weighted by Gasteiger charge is 2.23. The molecule has 0 bridgehead atoms. The van der Waals surface area contributed by atoms with Crippen molar-refractivity contribution in [1.29, 1.82) is 0 Å². The number of rotatable bonds is 4. The summed E-state index contributed by atoms with van der Waals surface area (Å²) in [6.45, 7) is 5.61. The predicted molar refractivity (Wildman–Crippen MR) is 99.4 cm³/mol. The van der Waals surface area contributed by atoms with Gasteiger partial charge in [-0.1, -0.05) is 60.7 Å². The minimum Gasteiger partial charge on any atom is -0.325 e. The molecule has 24 heavy (non-hydrogen) atoms. The summed E-state index contributed by atoms with van der Waals surface area (Å²) in [6, 6.07) is 21.2. The molecule has 0 amide bonds. The van der Waals surface area contributed by atoms with E-state index in [1.54, 1.807) is 0 Å². The Morgan fingerprint density at radius 1 is 0.667 bits per heavy atom. The fourth-order valence-corrected chi connectivity index (χ4v) is 3.30. The highest BCUT2D eigenvalue weighted by Crippen LogP contribution is 2.11. The van der Waals surface area contributed by atoms with Crippen LogP contribution in [0.5, 0.6) is 0 Å². The van der Waals surface area contributed by atoms with Gasteiger partial charge in [0.15, 0.2) is 0 Å². The molecule has 0 aromatic heterocycles. The molecule has 0 saturated carbocycles. The summed E-state index contributed by atoms with van der Waals surface area (Å²) in [5, 5.41) is 0. The van der Waals surface area contributed by atoms with E-state index < -0.39 is 0 Å². The number of benzene rings is 2. The standard InChI is InChI=1S/C20H28N4/c21-19-15-23(13-17-7-3-1-4-8-17)11-12-24(16-20(19)22)14-18-9-5-2-6-10-18/h1-10,19-20H,11-16,21-22H2/t19-,20-/m0/s1. The Bertz CT molecular complexity index is 546. The second-order valence-electron chi connectivity index (χ2n) is 6.77. The van der Waals surface area contributed by atoms with Gasteiger partial charge in [0.1, 0.15) is 0 Å². The lowest BCUT2D eigenvalue weighted by atomic mass is 10.1. The Morgan fingerprint density at radius 3 is 1.42 bits per heavy atom. The summed E-state index contributed by atoms with van der Waals surface area (Å²) in [5.41, 5.74) is 15.4. The second kappa shape index (κ2) is 8.40. The molecule has 4 nitrogen and oxygen atoms in total. The maximum absolute atomic E-state index is 6.35. The van der Waals surface area contributed by atoms with Crippen LogP contribution in [-0.2, 0) is 13.1 Å². The van der Waals surface area contributed by atoms with E-state index in [9.17, 15) is 0 Å². The molecule has 0 aliphatic carbocycles. The van der Waals surface area contributed by atoms with Crippen molar-refractivity contribution in [2.24, 2.45) is 11.5 Å². The van der Waals surface area contributed by atoms with Gasteiger partial charge in [0.25, 0.3) is 0 Å². The van der Waals surface area contributed by atoms with Gasteiger partial charge in [0.2, 0.25) is 0 Å². The molecule has 3 rings (SSSR count). The average Bonchev–Trinajstić information content (AvgIpc) is 2.60. The highest BCUT2D eigenvalue weighted by atomic mass is 15.2. The zero-order valence-electron chi connectivity index (χ0n) is 14.2. The van der Waals surface area contributed by atoms with E-state index in [0.29, 0.717) is 0 Å². The molecule has 4 N–H and O–H groups in total. The van der Waals surface area contributed by atoms with E-state index in [1.807, 2.05) is 0 Å². The first-order chi connectivity index (χ1) is 11.7. The van der Waals surface area contributed by atoms with Crippen molar-refractivity contribution < 1.29 is 0 Å². The average molecular weight is 324 g/mol. The lowest BCUT2D eigenvalue weighted by molar-refractivity contribution is 0.141. The third kappa shape index (κ3) is 4.89. The highest BCUT2D eigenvalue weighted by molar-refractivity contribution is 5.15. The number of hydrogen-bond donors (Lipinski definition) is 2. The number of nitrogens with two attached hydrogens (primary N) is 2. The van der Waals surface area contributed by atoms with E-state index in [1.165, 1.54) is 11.1 Å². The molecule has 1 saturated heterocycles. The molecule has 2 aromatic rings. The molecule has 1 aliphatic rings. The summed E-state index contributed by atoms with van der Waals surface area (Å²) in [4.78, 5) is 4.86. The molecular formula is C20H28N4. The van der Waals surface area contributed by atoms with Crippen LogP contribution in [0, 0.1) is 0 Å². The molecule has 1 heterocycles. The molecule has 1 fully saturated rings. The lowest BCUT2D eigenvalue weighted by Crippen LogP contribution is -2.57. The Kier molecular flexibility index (Phi) is 5.99. The zero-order chi connectivity index (χ0) is 16.8. The summed E-state index contributed by atoms with van der Waals surface area (Å²) < 4.78 is 0. The Balaban J connectivity index is 1.65. The largest absolute Gasteiger partial charge is 0.325 e. The number of nitrogens with zero attached hydrogens (tertiary/aromatic N) is 2. The van der Waals surface area contributed by atoms with Crippen LogP contribution in [0.4, 0.5) is 0 Å². The lowest BCUT2D eigenvalue weighted by Gasteiger charge is -2.36. The minimum atomic E-state index is 0.00675. The van der Waals surface area contributed by atoms with E-state index in [4.69, 9.17) is 11.5 Å². The quantitative estimate of drug-likeness (QED) is 0.898. The van der Waals surface area contributed by atoms with Crippen LogP contribution in [0.1, 0.15) is 11.1 Å². The first-order valence-corrected chi connectivity index (χ1v) is 8.74. The van der Waals surface area contributed by atoms with Crippen molar-refractivity contribution in [3.63, 3.8) is 0 Å². The Morgan fingerprint density at radius 2 is 1.04 bits per heavy atom. The molecule has 4 heteroatoms. The van der Waals surface area contributed by atoms with Gasteiger partial charge in [-0.2, -0.15) is 0 Å². The maximum Gasteiger partial charge on any atom is 0.0334 e. The maximum atomic E-state index is 6.35. The Hall–Kier alpha value is -1.72. The molecule has 2 aromatic carbocycles. The fourth-order valence-electron chi connectivity index (χ4n) is 3.30. The molecule has 128 valence electrons. The summed E-state index contributed by atoms with van der Waals surface area (Å²) in [5.74, 6) is 0. The van der Waals surface area contributed by atoms with E-state index in [2.05, 4.69) is 70.5 Å². The number of hydrogen-bond acceptors (Lipinski definition) is 4. The van der Waals surface area contributed by atoms with Crippen LogP contribution in [0.3, 0.4) is 0 Å². The van der Waals surface area contributed by atoms with E-state index in [0.717, 1.165) is 39.3 Å². The van der Waals surface area contributed by atoms with E-state index in [-0.39, 0.29) is 12.1 Å². The first-order valence-electron chi connectivity index (χ1n) is 8.74. The van der Waals surface area contributed by atoms with Crippen molar-refractivity contribution in [3.8, 4) is 0 Å². The van der Waals surface area contributed by atoms with Gasteiger partial charge in [-0.3, -0.25) is 9.80 Å². The van der Waals surface area contributed by atoms with Gasteiger partial charge in [0.05, 0.1) is 0 Å². The summed E-state index contributed by atoms with van der Waals surface area (Å²) >= 11 is 0. The van der Waals surface area contributed by atoms with Crippen molar-refractivity contribution in [1.82, 2.24) is 9.80 Å². The summed E-state index contributed by atoms with van der Waals surface area (Å²) in [7, 11) is 0. The smallest absolute Gasteiger partial charge is 0.0334 e. The van der Waals surface area contributed by atoms with Gasteiger partial charge in [-0.05, 0) is 11.1 Å². The van der Waals surface area contributed by atoms with Crippen LogP contribution in [-0.4, -0.2) is 48.1 Å². The normalized spacial score (nSPS) is 23.6. The molecule has 0 spiro atoms. The Labute approximate surface area is 145 Å². The van der Waals surface area contributed by atoms with Crippen LogP contribution < -0.4 is 11.5 Å². The van der Waals surface area contributed by atoms with Crippen molar-refractivity contribution in [3.05, 3.63) is 71.8 Å². The molecule has 1 aliphatic heterocycles. The van der Waals surface area contributed by atoms with Gasteiger partial charge in [0, 0.05) is 51.4 Å². The van der Waals surface area contributed by atoms with Gasteiger partial charge in [-0.25, -0.2) is 0 Å². The van der Waals surface area contributed by atoms with Crippen LogP contribution in [0.25, 0.3) is 0 Å². The first kappa shape index (κ1) is 17.1. The van der Waals surface area contributed by atoms with Gasteiger partial charge in [-0.15, -0.1) is 0 Å². The molecule has 2 atom stereocenters. The van der Waals surface area contributed by atoms with Gasteiger partial charge < -0.3 is 11.5 Å². The SMILES string of the molecule is N[C@H]1CN(Cc2ccccc2)CCN(Cc2ccccc2)C[C@@H]1N. The monoisotopic (exact) mass is 324 g/mol. The van der Waals surface area contributed by atoms with Crippen molar-refractivity contribution >= 4 is 0 Å². The van der Waals surface area contributed by atoms with Crippen LogP contribution in [0.2, 0.25) is 0 Å². The fraction of sp³-hybridized carbons (Fsp3) is 0.400. The van der Waals surface area contributed by atoms with Crippen molar-refractivity contribution in [2.45, 2.75) is 25.2 Å². The van der Waals surface area contributed by atoms with Crippen LogP contribution in [0.15, 0.2) is 60.7 Å². The van der Waals surface area contributed by atoms with E-state index >= 15 is 0 Å². The second-order valence-corrected chi connectivity index (χ2v) is 6.77. The van der Waals surface area contributed by atoms with Gasteiger partial charge >= 0.3 is 0 Å². The molecule has 0 unspecified atom stereocenters. The van der Waals surface area contributed by atoms with Crippen molar-refractivity contribution in [2.75, 3.05) is 26.2 Å². The topological polar surface area (TPSA) is 58.5 Å². The summed E-state index contributed by atoms with van der Waals surface area (Å²) in [6.07, 6.45) is 0. The third-order valence-electron chi connectivity index (χ3n) is 4.72. The minimum absolute atomic E-state index is 0.00675. The zero-order valence-corrected chi connectivity index (χ0v) is 14.2. The molecule has 0 radical (unpaired) electrons. The predicted octanol–water partition coefficient (Wildman–Crippen LogP) is 1.66.